The van der Waals surface area contributed by atoms with Crippen LogP contribution in [0.4, 0.5) is 0 Å². The third kappa shape index (κ3) is 2.86. The van der Waals surface area contributed by atoms with Gasteiger partial charge in [-0.05, 0) is 32.8 Å². The topological polar surface area (TPSA) is 105 Å². The van der Waals surface area contributed by atoms with Crippen LogP contribution in [-0.4, -0.2) is 32.7 Å². The Balaban J connectivity index is 1.99. The minimum absolute atomic E-state index is 0.294. The zero-order valence-corrected chi connectivity index (χ0v) is 13.9. The van der Waals surface area contributed by atoms with Crippen LogP contribution >= 0.6 is 0 Å². The van der Waals surface area contributed by atoms with Gasteiger partial charge in [0.15, 0.2) is 0 Å². The molecule has 1 saturated carbocycles. The lowest BCUT2D eigenvalue weighted by atomic mass is 9.89. The summed E-state index contributed by atoms with van der Waals surface area (Å²) in [6.07, 6.45) is 4.48. The van der Waals surface area contributed by atoms with Crippen LogP contribution in [-0.2, 0) is 4.79 Å². The molecule has 24 heavy (non-hydrogen) atoms. The predicted molar refractivity (Wildman–Crippen MR) is 86.8 cm³/mol. The highest BCUT2D eigenvalue weighted by molar-refractivity contribution is 6.07. The number of rotatable bonds is 3. The van der Waals surface area contributed by atoms with Crippen LogP contribution in [0.3, 0.4) is 0 Å². The molecule has 2 N–H and O–H groups in total. The van der Waals surface area contributed by atoms with E-state index in [4.69, 9.17) is 4.52 Å². The zero-order valence-electron chi connectivity index (χ0n) is 13.9. The molecule has 2 aromatic rings. The first-order valence-corrected chi connectivity index (χ1v) is 8.22. The van der Waals surface area contributed by atoms with Gasteiger partial charge in [0, 0.05) is 5.69 Å². The number of hydrogen-bond donors (Lipinski definition) is 2. The van der Waals surface area contributed by atoms with Crippen molar-refractivity contribution in [3.63, 3.8) is 0 Å². The number of nitrogens with one attached hydrogen (secondary N) is 1. The Kier molecular flexibility index (Phi) is 4.26. The third-order valence-corrected chi connectivity index (χ3v) is 4.71. The van der Waals surface area contributed by atoms with Gasteiger partial charge in [0.1, 0.15) is 5.54 Å². The fourth-order valence-electron chi connectivity index (χ4n) is 3.41. The van der Waals surface area contributed by atoms with Gasteiger partial charge in [0.05, 0.1) is 16.6 Å². The average Bonchev–Trinajstić information content (AvgIpc) is 2.75. The number of carboxylic acids is 1. The lowest BCUT2D eigenvalue weighted by Crippen LogP contribution is -2.54. The normalized spacial score (nSPS) is 17.4. The van der Waals surface area contributed by atoms with Gasteiger partial charge >= 0.3 is 5.97 Å². The van der Waals surface area contributed by atoms with Crippen molar-refractivity contribution in [1.29, 1.82) is 0 Å². The van der Waals surface area contributed by atoms with Crippen molar-refractivity contribution in [2.24, 2.45) is 0 Å². The summed E-state index contributed by atoms with van der Waals surface area (Å²) < 4.78 is 5.15. The molecule has 1 aliphatic rings. The smallest absolute Gasteiger partial charge is 0.329 e. The van der Waals surface area contributed by atoms with Gasteiger partial charge in [-0.1, -0.05) is 30.8 Å². The summed E-state index contributed by atoms with van der Waals surface area (Å²) >= 11 is 0. The number of aryl methyl sites for hydroxylation is 2. The number of fused-ring (bicyclic) bond motifs is 1. The average molecular weight is 331 g/mol. The summed E-state index contributed by atoms with van der Waals surface area (Å²) in [4.78, 5) is 29.0. The maximum atomic E-state index is 12.9. The minimum Gasteiger partial charge on any atom is -0.480 e. The summed E-state index contributed by atoms with van der Waals surface area (Å²) in [5, 5.41) is 16.9. The van der Waals surface area contributed by atoms with Crippen molar-refractivity contribution in [3.05, 3.63) is 23.0 Å². The Bertz CT molecular complexity index is 788. The van der Waals surface area contributed by atoms with Crippen LogP contribution in [0.2, 0.25) is 0 Å². The quantitative estimate of drug-likeness (QED) is 0.838. The van der Waals surface area contributed by atoms with E-state index in [2.05, 4.69) is 15.5 Å². The standard InChI is InChI=1S/C17H21N3O4/c1-10-9-12(13-11(2)20-24-15(13)18-10)14(21)19-17(16(22)23)7-5-3-4-6-8-17/h9H,3-8H2,1-2H3,(H,19,21)(H,22,23). The SMILES string of the molecule is Cc1cc(C(=O)NC2(C(=O)O)CCCCCC2)c2c(C)noc2n1. The minimum atomic E-state index is -1.21. The molecule has 2 aromatic heterocycles. The van der Waals surface area contributed by atoms with Crippen LogP contribution in [0.15, 0.2) is 10.6 Å². The molecule has 3 rings (SSSR count). The van der Waals surface area contributed by atoms with Crippen molar-refractivity contribution in [3.8, 4) is 0 Å². The van der Waals surface area contributed by atoms with Gasteiger partial charge < -0.3 is 14.9 Å². The lowest BCUT2D eigenvalue weighted by molar-refractivity contribution is -0.145. The Morgan fingerprint density at radius 1 is 1.21 bits per heavy atom. The number of hydrogen-bond acceptors (Lipinski definition) is 5. The van der Waals surface area contributed by atoms with E-state index in [9.17, 15) is 14.7 Å². The second-order valence-corrected chi connectivity index (χ2v) is 6.51. The summed E-state index contributed by atoms with van der Waals surface area (Å²) in [6.45, 7) is 3.49. The number of nitrogens with zero attached hydrogens (tertiary/aromatic N) is 2. The van der Waals surface area contributed by atoms with E-state index in [0.29, 0.717) is 40.9 Å². The van der Waals surface area contributed by atoms with E-state index in [0.717, 1.165) is 25.7 Å². The summed E-state index contributed by atoms with van der Waals surface area (Å²) in [5.41, 5.74) is 0.633. The molecule has 0 aliphatic heterocycles. The van der Waals surface area contributed by atoms with Crippen molar-refractivity contribution in [1.82, 2.24) is 15.5 Å². The first-order chi connectivity index (χ1) is 11.4. The molecule has 0 atom stereocenters. The maximum Gasteiger partial charge on any atom is 0.329 e. The van der Waals surface area contributed by atoms with Gasteiger partial charge in [0.2, 0.25) is 0 Å². The Hall–Kier alpha value is -2.44. The molecule has 1 amide bonds. The number of aliphatic carboxylic acids is 1. The number of pyridine rings is 1. The molecule has 2 heterocycles. The Morgan fingerprint density at radius 3 is 2.50 bits per heavy atom. The molecule has 1 aliphatic carbocycles. The van der Waals surface area contributed by atoms with Gasteiger partial charge in [-0.2, -0.15) is 0 Å². The molecule has 0 unspecified atom stereocenters. The van der Waals surface area contributed by atoms with Gasteiger partial charge in [0.25, 0.3) is 11.6 Å². The molecule has 7 nitrogen and oxygen atoms in total. The first kappa shape index (κ1) is 16.4. The van der Waals surface area contributed by atoms with E-state index in [-0.39, 0.29) is 0 Å². The molecular formula is C17H21N3O4. The summed E-state index contributed by atoms with van der Waals surface area (Å²) in [6, 6.07) is 1.65. The fourth-order valence-corrected chi connectivity index (χ4v) is 3.41. The molecular weight excluding hydrogens is 310 g/mol. The van der Waals surface area contributed by atoms with E-state index in [1.54, 1.807) is 19.9 Å². The molecule has 7 heteroatoms. The number of aromatic nitrogens is 2. The van der Waals surface area contributed by atoms with Crippen molar-refractivity contribution in [2.75, 3.05) is 0 Å². The number of carbonyl (C=O) groups excluding carboxylic acids is 1. The largest absolute Gasteiger partial charge is 0.480 e. The van der Waals surface area contributed by atoms with Gasteiger partial charge in [-0.3, -0.25) is 4.79 Å². The van der Waals surface area contributed by atoms with Crippen LogP contribution in [0.1, 0.15) is 60.3 Å². The zero-order chi connectivity index (χ0) is 17.3. The number of carboxylic acid groups (broad SMARTS) is 1. The molecule has 128 valence electrons. The van der Waals surface area contributed by atoms with Crippen LogP contribution in [0, 0.1) is 13.8 Å². The Labute approximate surface area is 139 Å². The monoisotopic (exact) mass is 331 g/mol. The van der Waals surface area contributed by atoms with Crippen LogP contribution in [0.25, 0.3) is 11.1 Å². The predicted octanol–water partition coefficient (Wildman–Crippen LogP) is 2.75. The van der Waals surface area contributed by atoms with Gasteiger partial charge in [-0.25, -0.2) is 9.78 Å². The van der Waals surface area contributed by atoms with Crippen LogP contribution < -0.4 is 5.32 Å². The number of carbonyl (C=O) groups is 2. The maximum absolute atomic E-state index is 12.9. The number of amides is 1. The molecule has 0 spiro atoms. The molecule has 0 radical (unpaired) electrons. The van der Waals surface area contributed by atoms with Crippen molar-refractivity contribution in [2.45, 2.75) is 57.9 Å². The molecule has 0 saturated heterocycles. The molecule has 0 aromatic carbocycles. The van der Waals surface area contributed by atoms with E-state index < -0.39 is 17.4 Å². The highest BCUT2D eigenvalue weighted by atomic mass is 16.5. The second-order valence-electron chi connectivity index (χ2n) is 6.51. The Morgan fingerprint density at radius 2 is 1.88 bits per heavy atom. The lowest BCUT2D eigenvalue weighted by Gasteiger charge is -2.29. The van der Waals surface area contributed by atoms with Crippen molar-refractivity contribution >= 4 is 23.0 Å². The summed E-state index contributed by atoms with van der Waals surface area (Å²) in [5.74, 6) is -1.39. The first-order valence-electron chi connectivity index (χ1n) is 8.22. The highest BCUT2D eigenvalue weighted by Gasteiger charge is 2.40. The third-order valence-electron chi connectivity index (χ3n) is 4.71. The van der Waals surface area contributed by atoms with Crippen molar-refractivity contribution < 1.29 is 19.2 Å². The fraction of sp³-hybridized carbons (Fsp3) is 0.529. The highest BCUT2D eigenvalue weighted by Crippen LogP contribution is 2.29. The van der Waals surface area contributed by atoms with E-state index in [1.165, 1.54) is 0 Å². The molecule has 1 fully saturated rings. The summed E-state index contributed by atoms with van der Waals surface area (Å²) in [7, 11) is 0. The molecule has 0 bridgehead atoms. The second kappa shape index (κ2) is 6.22. The van der Waals surface area contributed by atoms with E-state index in [1.807, 2.05) is 0 Å². The van der Waals surface area contributed by atoms with Gasteiger partial charge in [-0.15, -0.1) is 0 Å². The van der Waals surface area contributed by atoms with Crippen LogP contribution in [0.5, 0.6) is 0 Å². The van der Waals surface area contributed by atoms with E-state index >= 15 is 0 Å².